The van der Waals surface area contributed by atoms with Crippen LogP contribution in [0.25, 0.3) is 0 Å². The second kappa shape index (κ2) is 8.31. The monoisotopic (exact) mass is 418 g/mol. The zero-order valence-electron chi connectivity index (χ0n) is 16.9. The van der Waals surface area contributed by atoms with Crippen LogP contribution in [0.4, 0.5) is 0 Å². The first-order valence-corrected chi connectivity index (χ1v) is 9.67. The fraction of sp³-hybridized carbons (Fsp3) is 0.333. The Morgan fingerprint density at radius 3 is 2.66 bits per heavy atom. The molecule has 0 bridgehead atoms. The number of esters is 1. The van der Waals surface area contributed by atoms with Gasteiger partial charge in [-0.3, -0.25) is 4.79 Å². The molecular weight excluding hydrogens is 394 g/mol. The van der Waals surface area contributed by atoms with Crippen molar-refractivity contribution in [2.24, 2.45) is 5.73 Å². The van der Waals surface area contributed by atoms with E-state index in [0.29, 0.717) is 28.4 Å². The summed E-state index contributed by atoms with van der Waals surface area (Å²) in [6, 6.07) is 8.82. The Balaban J connectivity index is 2.29. The lowest BCUT2D eigenvalue weighted by Crippen LogP contribution is -3.06. The first kappa shape index (κ1) is 21.0. The fourth-order valence-corrected chi connectivity index (χ4v) is 3.77. The van der Waals surface area contributed by atoms with Gasteiger partial charge in [-0.1, -0.05) is 29.8 Å². The topological polar surface area (TPSA) is 88.0 Å². The third-order valence-corrected chi connectivity index (χ3v) is 5.37. The van der Waals surface area contributed by atoms with Gasteiger partial charge in [0.25, 0.3) is 5.56 Å². The SMILES string of the molecule is COC(=O)C1=C(N)Oc2cc(C)n(CC[NH+](C)C)c(=O)c2[C@@H]1c1ccccc1Cl. The smallest absolute Gasteiger partial charge is 0.340 e. The van der Waals surface area contributed by atoms with Crippen molar-refractivity contribution in [1.82, 2.24) is 4.57 Å². The maximum atomic E-state index is 13.5. The number of fused-ring (bicyclic) bond motifs is 1. The number of nitrogens with two attached hydrogens (primary N) is 1. The van der Waals surface area contributed by atoms with Crippen LogP contribution in [0, 0.1) is 6.92 Å². The number of rotatable bonds is 5. The first-order chi connectivity index (χ1) is 13.8. The number of likely N-dealkylation sites (N-methyl/N-ethyl adjacent to an activating group) is 1. The number of benzene rings is 1. The molecule has 1 aliphatic heterocycles. The first-order valence-electron chi connectivity index (χ1n) is 9.29. The highest BCUT2D eigenvalue weighted by molar-refractivity contribution is 6.31. The highest BCUT2D eigenvalue weighted by Gasteiger charge is 2.39. The Morgan fingerprint density at radius 2 is 2.03 bits per heavy atom. The molecule has 0 aliphatic carbocycles. The lowest BCUT2D eigenvalue weighted by atomic mass is 9.83. The van der Waals surface area contributed by atoms with E-state index >= 15 is 0 Å². The minimum Gasteiger partial charge on any atom is -0.465 e. The van der Waals surface area contributed by atoms with E-state index < -0.39 is 11.9 Å². The van der Waals surface area contributed by atoms with Crippen LogP contribution in [0.5, 0.6) is 5.75 Å². The number of hydrogen-bond donors (Lipinski definition) is 2. The van der Waals surface area contributed by atoms with Gasteiger partial charge in [-0.2, -0.15) is 0 Å². The molecule has 0 radical (unpaired) electrons. The summed E-state index contributed by atoms with van der Waals surface area (Å²) in [4.78, 5) is 27.3. The predicted molar refractivity (Wildman–Crippen MR) is 110 cm³/mol. The van der Waals surface area contributed by atoms with Crippen molar-refractivity contribution in [3.05, 3.63) is 74.0 Å². The van der Waals surface area contributed by atoms with E-state index in [1.165, 1.54) is 12.0 Å². The van der Waals surface area contributed by atoms with Gasteiger partial charge < -0.3 is 24.7 Å². The van der Waals surface area contributed by atoms with Crippen LogP contribution in [-0.2, 0) is 16.1 Å². The molecule has 3 N–H and O–H groups in total. The zero-order chi connectivity index (χ0) is 21.3. The van der Waals surface area contributed by atoms with Gasteiger partial charge in [-0.25, -0.2) is 4.79 Å². The van der Waals surface area contributed by atoms with Crippen LogP contribution < -0.4 is 20.9 Å². The number of carbonyl (C=O) groups excluding carboxylic acids is 1. The van der Waals surface area contributed by atoms with Crippen molar-refractivity contribution in [2.75, 3.05) is 27.7 Å². The molecule has 0 saturated heterocycles. The molecule has 1 aromatic carbocycles. The summed E-state index contributed by atoms with van der Waals surface area (Å²) in [5.41, 5.74) is 7.59. The number of nitrogens with zero attached hydrogens (tertiary/aromatic N) is 1. The number of quaternary nitrogens is 1. The fourth-order valence-electron chi connectivity index (χ4n) is 3.53. The number of halogens is 1. The van der Waals surface area contributed by atoms with Crippen LogP contribution in [0.3, 0.4) is 0 Å². The molecule has 0 unspecified atom stereocenters. The number of hydrogen-bond acceptors (Lipinski definition) is 5. The van der Waals surface area contributed by atoms with Crippen molar-refractivity contribution in [1.29, 1.82) is 0 Å². The molecule has 0 fully saturated rings. The highest BCUT2D eigenvalue weighted by Crippen LogP contribution is 2.43. The maximum absolute atomic E-state index is 13.5. The molecule has 2 heterocycles. The van der Waals surface area contributed by atoms with E-state index in [4.69, 9.17) is 26.8 Å². The van der Waals surface area contributed by atoms with E-state index in [2.05, 4.69) is 0 Å². The zero-order valence-corrected chi connectivity index (χ0v) is 17.7. The number of aryl methyl sites for hydroxylation is 1. The molecular formula is C21H25ClN3O4+. The summed E-state index contributed by atoms with van der Waals surface area (Å²) in [7, 11) is 5.30. The lowest BCUT2D eigenvalue weighted by Gasteiger charge is -2.29. The van der Waals surface area contributed by atoms with Crippen LogP contribution in [-0.4, -0.2) is 38.3 Å². The van der Waals surface area contributed by atoms with Gasteiger partial charge in [0.2, 0.25) is 5.88 Å². The average Bonchev–Trinajstić information content (AvgIpc) is 2.66. The third-order valence-electron chi connectivity index (χ3n) is 5.03. The van der Waals surface area contributed by atoms with Crippen LogP contribution in [0.2, 0.25) is 5.02 Å². The second-order valence-corrected chi connectivity index (χ2v) is 7.71. The molecule has 1 atom stereocenters. The standard InChI is InChI=1S/C21H24ClN3O4/c1-12-11-15-17(20(26)25(12)10-9-24(2)3)16(13-7-5-6-8-14(13)22)18(19(23)29-15)21(27)28-4/h5-8,11,16H,9-10,23H2,1-4H3/p+1/t16-/m0/s1. The molecule has 2 aromatic rings. The van der Waals surface area contributed by atoms with E-state index in [1.807, 2.05) is 21.0 Å². The Bertz CT molecular complexity index is 1040. The van der Waals surface area contributed by atoms with Gasteiger partial charge in [-0.15, -0.1) is 0 Å². The van der Waals surface area contributed by atoms with Crippen molar-refractivity contribution < 1.29 is 19.2 Å². The lowest BCUT2D eigenvalue weighted by molar-refractivity contribution is -0.858. The number of ether oxygens (including phenoxy) is 2. The molecule has 1 aliphatic rings. The van der Waals surface area contributed by atoms with Gasteiger partial charge >= 0.3 is 5.97 Å². The highest BCUT2D eigenvalue weighted by atomic mass is 35.5. The van der Waals surface area contributed by atoms with Crippen LogP contribution in [0.15, 0.2) is 46.6 Å². The second-order valence-electron chi connectivity index (χ2n) is 7.30. The Morgan fingerprint density at radius 1 is 1.34 bits per heavy atom. The van der Waals surface area contributed by atoms with Crippen molar-refractivity contribution in [3.63, 3.8) is 0 Å². The summed E-state index contributed by atoms with van der Waals surface area (Å²) < 4.78 is 12.3. The van der Waals surface area contributed by atoms with Gasteiger partial charge in [-0.05, 0) is 18.6 Å². The van der Waals surface area contributed by atoms with E-state index in [-0.39, 0.29) is 17.0 Å². The Hall–Kier alpha value is -2.77. The van der Waals surface area contributed by atoms with Crippen molar-refractivity contribution in [3.8, 4) is 5.75 Å². The number of methoxy groups -OCH3 is 1. The van der Waals surface area contributed by atoms with E-state index in [9.17, 15) is 9.59 Å². The molecule has 0 spiro atoms. The number of carbonyl (C=O) groups is 1. The summed E-state index contributed by atoms with van der Waals surface area (Å²) in [5.74, 6) is -1.21. The average molecular weight is 419 g/mol. The van der Waals surface area contributed by atoms with Gasteiger partial charge in [0.1, 0.15) is 11.3 Å². The molecule has 29 heavy (non-hydrogen) atoms. The normalized spacial score (nSPS) is 15.9. The Kier molecular flexibility index (Phi) is 6.00. The molecule has 154 valence electrons. The minimum absolute atomic E-state index is 0.0684. The molecule has 0 saturated carbocycles. The van der Waals surface area contributed by atoms with Gasteiger partial charge in [0.05, 0.1) is 45.8 Å². The third kappa shape index (κ3) is 3.88. The van der Waals surface area contributed by atoms with Crippen LogP contribution >= 0.6 is 11.6 Å². The summed E-state index contributed by atoms with van der Waals surface area (Å²) >= 11 is 6.44. The largest absolute Gasteiger partial charge is 0.465 e. The summed E-state index contributed by atoms with van der Waals surface area (Å²) in [6.45, 7) is 3.14. The minimum atomic E-state index is -0.786. The predicted octanol–water partition coefficient (Wildman–Crippen LogP) is 0.822. The van der Waals surface area contributed by atoms with Gasteiger partial charge in [0.15, 0.2) is 0 Å². The molecule has 0 amide bonds. The maximum Gasteiger partial charge on any atom is 0.340 e. The van der Waals surface area contributed by atoms with E-state index in [0.717, 1.165) is 12.2 Å². The molecule has 3 rings (SSSR count). The number of nitrogens with one attached hydrogen (secondary N) is 1. The Labute approximate surface area is 174 Å². The van der Waals surface area contributed by atoms with Crippen molar-refractivity contribution >= 4 is 17.6 Å². The molecule has 7 nitrogen and oxygen atoms in total. The van der Waals surface area contributed by atoms with Crippen LogP contribution in [0.1, 0.15) is 22.7 Å². The van der Waals surface area contributed by atoms with Gasteiger partial charge in [0, 0.05) is 16.8 Å². The van der Waals surface area contributed by atoms with Crippen molar-refractivity contribution in [2.45, 2.75) is 19.4 Å². The number of aromatic nitrogens is 1. The quantitative estimate of drug-likeness (QED) is 0.702. The summed E-state index contributed by atoms with van der Waals surface area (Å²) in [6.07, 6.45) is 0. The number of pyridine rings is 1. The van der Waals surface area contributed by atoms with E-state index in [1.54, 1.807) is 34.9 Å². The molecule has 8 heteroatoms. The summed E-state index contributed by atoms with van der Waals surface area (Å²) in [5, 5.41) is 0.420. The molecule has 1 aromatic heterocycles.